The third-order valence-corrected chi connectivity index (χ3v) is 3.24. The van der Waals surface area contributed by atoms with Crippen molar-refractivity contribution in [2.75, 3.05) is 5.32 Å². The van der Waals surface area contributed by atoms with E-state index >= 15 is 0 Å². The monoisotopic (exact) mass is 287 g/mol. The maximum absolute atomic E-state index is 13.8. The van der Waals surface area contributed by atoms with E-state index < -0.39 is 17.7 Å². The number of nitrogens with one attached hydrogen (secondary N) is 1. The SMILES string of the molecule is Cc1cc(NC(C)c2ccc(F)cc2F)c(C#N)c(C)n1. The van der Waals surface area contributed by atoms with Crippen LogP contribution in [0.1, 0.15) is 35.5 Å². The van der Waals surface area contributed by atoms with Crippen molar-refractivity contribution < 1.29 is 8.78 Å². The third kappa shape index (κ3) is 3.16. The molecule has 1 atom stereocenters. The summed E-state index contributed by atoms with van der Waals surface area (Å²) in [6.07, 6.45) is 0. The van der Waals surface area contributed by atoms with Gasteiger partial charge in [0.2, 0.25) is 0 Å². The molecule has 1 aromatic carbocycles. The minimum Gasteiger partial charge on any atom is -0.377 e. The van der Waals surface area contributed by atoms with E-state index in [1.165, 1.54) is 12.1 Å². The molecule has 0 bridgehead atoms. The number of anilines is 1. The van der Waals surface area contributed by atoms with Crippen LogP contribution in [-0.4, -0.2) is 4.98 Å². The summed E-state index contributed by atoms with van der Waals surface area (Å²) in [4.78, 5) is 4.23. The molecule has 1 heterocycles. The molecule has 0 saturated heterocycles. The lowest BCUT2D eigenvalue weighted by Crippen LogP contribution is -2.11. The van der Waals surface area contributed by atoms with E-state index in [2.05, 4.69) is 16.4 Å². The smallest absolute Gasteiger partial charge is 0.131 e. The van der Waals surface area contributed by atoms with Gasteiger partial charge in [-0.15, -0.1) is 0 Å². The highest BCUT2D eigenvalue weighted by molar-refractivity contribution is 5.60. The van der Waals surface area contributed by atoms with Crippen molar-refractivity contribution in [2.24, 2.45) is 0 Å². The van der Waals surface area contributed by atoms with Crippen molar-refractivity contribution in [3.05, 3.63) is 58.4 Å². The molecule has 108 valence electrons. The lowest BCUT2D eigenvalue weighted by molar-refractivity contribution is 0.566. The maximum atomic E-state index is 13.8. The Morgan fingerprint density at radius 3 is 2.57 bits per heavy atom. The quantitative estimate of drug-likeness (QED) is 0.927. The highest BCUT2D eigenvalue weighted by atomic mass is 19.1. The van der Waals surface area contributed by atoms with E-state index in [9.17, 15) is 14.0 Å². The molecule has 3 nitrogen and oxygen atoms in total. The Kier molecular flexibility index (Phi) is 4.18. The molecule has 2 rings (SSSR count). The second-order valence-electron chi connectivity index (χ2n) is 4.92. The average Bonchev–Trinajstić information content (AvgIpc) is 2.37. The van der Waals surface area contributed by atoms with Crippen molar-refractivity contribution in [2.45, 2.75) is 26.8 Å². The summed E-state index contributed by atoms with van der Waals surface area (Å²) in [5, 5.41) is 12.3. The van der Waals surface area contributed by atoms with Crippen molar-refractivity contribution in [1.29, 1.82) is 5.26 Å². The van der Waals surface area contributed by atoms with Crippen molar-refractivity contribution >= 4 is 5.69 Å². The first kappa shape index (κ1) is 14.9. The summed E-state index contributed by atoms with van der Waals surface area (Å²) in [5.74, 6) is -1.23. The topological polar surface area (TPSA) is 48.7 Å². The Morgan fingerprint density at radius 2 is 1.95 bits per heavy atom. The zero-order chi connectivity index (χ0) is 15.6. The fraction of sp³-hybridized carbons (Fsp3) is 0.250. The molecule has 0 fully saturated rings. The van der Waals surface area contributed by atoms with Crippen LogP contribution in [0.2, 0.25) is 0 Å². The second-order valence-corrected chi connectivity index (χ2v) is 4.92. The first-order valence-corrected chi connectivity index (χ1v) is 6.52. The number of nitrogens with zero attached hydrogens (tertiary/aromatic N) is 2. The Bertz CT molecular complexity index is 720. The Morgan fingerprint density at radius 1 is 1.24 bits per heavy atom. The molecule has 0 radical (unpaired) electrons. The molecular formula is C16H15F2N3. The van der Waals surface area contributed by atoms with Gasteiger partial charge in [-0.2, -0.15) is 5.26 Å². The van der Waals surface area contributed by atoms with E-state index in [-0.39, 0.29) is 0 Å². The van der Waals surface area contributed by atoms with Crippen molar-refractivity contribution in [3.63, 3.8) is 0 Å². The number of aromatic nitrogens is 1. The maximum Gasteiger partial charge on any atom is 0.131 e. The van der Waals surface area contributed by atoms with Gasteiger partial charge in [-0.05, 0) is 32.9 Å². The Balaban J connectivity index is 2.36. The fourth-order valence-corrected chi connectivity index (χ4v) is 2.25. The largest absolute Gasteiger partial charge is 0.377 e. The van der Waals surface area contributed by atoms with Crippen molar-refractivity contribution in [3.8, 4) is 6.07 Å². The number of aryl methyl sites for hydroxylation is 2. The standard InChI is InChI=1S/C16H15F2N3/c1-9-6-16(14(8-19)11(3)20-9)21-10(2)13-5-4-12(17)7-15(13)18/h4-7,10H,1-3H3,(H,20,21). The van der Waals surface area contributed by atoms with E-state index in [0.29, 0.717) is 22.5 Å². The fourth-order valence-electron chi connectivity index (χ4n) is 2.25. The number of rotatable bonds is 3. The van der Waals surface area contributed by atoms with Gasteiger partial charge in [0.05, 0.1) is 23.0 Å². The van der Waals surface area contributed by atoms with Crippen LogP contribution in [0, 0.1) is 36.8 Å². The normalized spacial score (nSPS) is 11.8. The molecule has 1 aromatic heterocycles. The van der Waals surface area contributed by atoms with Gasteiger partial charge in [0.1, 0.15) is 17.7 Å². The average molecular weight is 287 g/mol. The van der Waals surface area contributed by atoms with Gasteiger partial charge in [0.25, 0.3) is 0 Å². The van der Waals surface area contributed by atoms with Crippen LogP contribution in [-0.2, 0) is 0 Å². The molecule has 0 saturated carbocycles. The van der Waals surface area contributed by atoms with E-state index in [1.54, 1.807) is 19.9 Å². The zero-order valence-electron chi connectivity index (χ0n) is 12.0. The van der Waals surface area contributed by atoms with E-state index in [0.717, 1.165) is 11.8 Å². The molecule has 5 heteroatoms. The van der Waals surface area contributed by atoms with Crippen LogP contribution in [0.15, 0.2) is 24.3 Å². The van der Waals surface area contributed by atoms with Gasteiger partial charge in [-0.1, -0.05) is 6.07 Å². The van der Waals surface area contributed by atoms with Crippen molar-refractivity contribution in [1.82, 2.24) is 4.98 Å². The van der Waals surface area contributed by atoms with Gasteiger partial charge >= 0.3 is 0 Å². The van der Waals surface area contributed by atoms with E-state index in [1.807, 2.05) is 6.92 Å². The van der Waals surface area contributed by atoms with Crippen LogP contribution < -0.4 is 5.32 Å². The predicted octanol–water partition coefficient (Wildman–Crippen LogP) is 4.02. The molecule has 0 aliphatic rings. The minimum absolute atomic E-state index is 0.340. The number of benzene rings is 1. The van der Waals surface area contributed by atoms with Crippen LogP contribution >= 0.6 is 0 Å². The van der Waals surface area contributed by atoms with Crippen LogP contribution in [0.5, 0.6) is 0 Å². The lowest BCUT2D eigenvalue weighted by atomic mass is 10.1. The molecule has 0 aliphatic carbocycles. The number of halogens is 2. The molecule has 1 unspecified atom stereocenters. The predicted molar refractivity (Wildman–Crippen MR) is 76.8 cm³/mol. The van der Waals surface area contributed by atoms with E-state index in [4.69, 9.17) is 0 Å². The Hall–Kier alpha value is -2.48. The van der Waals surface area contributed by atoms with Gasteiger partial charge in [0.15, 0.2) is 0 Å². The molecule has 2 aromatic rings. The van der Waals surface area contributed by atoms with Crippen LogP contribution in [0.4, 0.5) is 14.5 Å². The molecule has 21 heavy (non-hydrogen) atoms. The number of hydrogen-bond acceptors (Lipinski definition) is 3. The first-order chi connectivity index (χ1) is 9.92. The third-order valence-electron chi connectivity index (χ3n) is 3.24. The summed E-state index contributed by atoms with van der Waals surface area (Å²) in [7, 11) is 0. The summed E-state index contributed by atoms with van der Waals surface area (Å²) in [5.41, 5.74) is 2.74. The van der Waals surface area contributed by atoms with Gasteiger partial charge in [-0.3, -0.25) is 4.98 Å². The highest BCUT2D eigenvalue weighted by Crippen LogP contribution is 2.26. The minimum atomic E-state index is -0.615. The number of nitriles is 1. The molecule has 0 aliphatic heterocycles. The number of hydrogen-bond donors (Lipinski definition) is 1. The molecule has 0 amide bonds. The lowest BCUT2D eigenvalue weighted by Gasteiger charge is -2.18. The summed E-state index contributed by atoms with van der Waals surface area (Å²) >= 11 is 0. The molecular weight excluding hydrogens is 272 g/mol. The van der Waals surface area contributed by atoms with Crippen LogP contribution in [0.3, 0.4) is 0 Å². The highest BCUT2D eigenvalue weighted by Gasteiger charge is 2.15. The number of pyridine rings is 1. The van der Waals surface area contributed by atoms with Gasteiger partial charge in [-0.25, -0.2) is 8.78 Å². The Labute approximate surface area is 122 Å². The van der Waals surface area contributed by atoms with Gasteiger partial charge in [0, 0.05) is 17.3 Å². The molecule has 1 N–H and O–H groups in total. The summed E-state index contributed by atoms with van der Waals surface area (Å²) in [6, 6.07) is 6.89. The molecule has 0 spiro atoms. The van der Waals surface area contributed by atoms with Gasteiger partial charge < -0.3 is 5.32 Å². The zero-order valence-corrected chi connectivity index (χ0v) is 12.0. The van der Waals surface area contributed by atoms with Crippen LogP contribution in [0.25, 0.3) is 0 Å². The summed E-state index contributed by atoms with van der Waals surface area (Å²) in [6.45, 7) is 5.32. The second kappa shape index (κ2) is 5.88. The summed E-state index contributed by atoms with van der Waals surface area (Å²) < 4.78 is 26.7. The first-order valence-electron chi connectivity index (χ1n) is 6.52.